The molecule has 8 heteroatoms. The molecule has 0 aliphatic carbocycles. The molecule has 0 radical (unpaired) electrons. The summed E-state index contributed by atoms with van der Waals surface area (Å²) in [6, 6.07) is 12.9. The fourth-order valence-electron chi connectivity index (χ4n) is 3.02. The van der Waals surface area contributed by atoms with E-state index in [0.29, 0.717) is 23.5 Å². The van der Waals surface area contributed by atoms with E-state index < -0.39 is 10.0 Å². The number of carbonyl (C=O) groups excluding carboxylic acids is 1. The lowest BCUT2D eigenvalue weighted by Crippen LogP contribution is -2.52. The smallest absolute Gasteiger partial charge is 0.262 e. The van der Waals surface area contributed by atoms with Crippen LogP contribution >= 0.6 is 0 Å². The van der Waals surface area contributed by atoms with E-state index in [-0.39, 0.29) is 16.8 Å². The normalized spacial score (nSPS) is 17.4. The molecule has 0 bridgehead atoms. The Labute approximate surface area is 159 Å². The van der Waals surface area contributed by atoms with Crippen LogP contribution in [-0.4, -0.2) is 52.0 Å². The topological polar surface area (TPSA) is 87.7 Å². The lowest BCUT2D eigenvalue weighted by molar-refractivity contribution is 0.0655. The fourth-order valence-corrected chi connectivity index (χ4v) is 4.09. The number of carbonyl (C=O) groups is 1. The highest BCUT2D eigenvalue weighted by Gasteiger charge is 2.24. The van der Waals surface area contributed by atoms with Gasteiger partial charge in [-0.3, -0.25) is 9.52 Å². The summed E-state index contributed by atoms with van der Waals surface area (Å²) in [6.07, 6.45) is 0. The molecule has 0 saturated carbocycles. The molecule has 2 aromatic carbocycles. The minimum absolute atomic E-state index is 0.0818. The van der Waals surface area contributed by atoms with Gasteiger partial charge in [0.2, 0.25) is 0 Å². The average molecular weight is 389 g/mol. The molecule has 1 aliphatic heterocycles. The predicted molar refractivity (Wildman–Crippen MR) is 104 cm³/mol. The Bertz CT molecular complexity index is 913. The zero-order valence-electron chi connectivity index (χ0n) is 15.3. The quantitative estimate of drug-likeness (QED) is 0.816. The maximum atomic E-state index is 12.7. The molecule has 1 saturated heterocycles. The molecule has 1 fully saturated rings. The van der Waals surface area contributed by atoms with Crippen molar-refractivity contribution in [1.82, 2.24) is 10.2 Å². The van der Waals surface area contributed by atoms with E-state index in [9.17, 15) is 13.2 Å². The van der Waals surface area contributed by atoms with Gasteiger partial charge in [0, 0.05) is 31.2 Å². The largest absolute Gasteiger partial charge is 0.495 e. The van der Waals surface area contributed by atoms with Crippen LogP contribution in [0.5, 0.6) is 5.75 Å². The summed E-state index contributed by atoms with van der Waals surface area (Å²) in [5.41, 5.74) is 0.829. The van der Waals surface area contributed by atoms with E-state index in [1.54, 1.807) is 41.3 Å². The van der Waals surface area contributed by atoms with Crippen LogP contribution in [0.25, 0.3) is 0 Å². The molecule has 7 nitrogen and oxygen atoms in total. The SMILES string of the molecule is COc1ccccc1NS(=O)(=O)c1ccc(C(=O)N2CCNCC2C)cc1. The van der Waals surface area contributed by atoms with Gasteiger partial charge < -0.3 is 15.0 Å². The van der Waals surface area contributed by atoms with E-state index in [1.807, 2.05) is 6.92 Å². The summed E-state index contributed by atoms with van der Waals surface area (Å²) in [5.74, 6) is 0.339. The molecule has 3 rings (SSSR count). The van der Waals surface area contributed by atoms with Gasteiger partial charge in [-0.2, -0.15) is 0 Å². The standard InChI is InChI=1S/C19H23N3O4S/c1-14-13-20-11-12-22(14)19(23)15-7-9-16(10-8-15)27(24,25)21-17-5-3-4-6-18(17)26-2/h3-10,14,20-21H,11-13H2,1-2H3. The van der Waals surface area contributed by atoms with Crippen LogP contribution in [0.3, 0.4) is 0 Å². The molecular weight excluding hydrogens is 366 g/mol. The lowest BCUT2D eigenvalue weighted by Gasteiger charge is -2.34. The van der Waals surface area contributed by atoms with Gasteiger partial charge in [-0.25, -0.2) is 8.42 Å². The van der Waals surface area contributed by atoms with Crippen LogP contribution in [0.4, 0.5) is 5.69 Å². The highest BCUT2D eigenvalue weighted by Crippen LogP contribution is 2.26. The molecule has 1 heterocycles. The first-order valence-electron chi connectivity index (χ1n) is 8.70. The first-order valence-corrected chi connectivity index (χ1v) is 10.2. The van der Waals surface area contributed by atoms with Crippen molar-refractivity contribution in [3.63, 3.8) is 0 Å². The summed E-state index contributed by atoms with van der Waals surface area (Å²) in [4.78, 5) is 14.5. The number of amides is 1. The third-order valence-electron chi connectivity index (χ3n) is 4.53. The lowest BCUT2D eigenvalue weighted by atomic mass is 10.1. The molecule has 144 valence electrons. The predicted octanol–water partition coefficient (Wildman–Crippen LogP) is 1.93. The van der Waals surface area contributed by atoms with Gasteiger partial charge in [-0.1, -0.05) is 12.1 Å². The van der Waals surface area contributed by atoms with Crippen molar-refractivity contribution >= 4 is 21.6 Å². The van der Waals surface area contributed by atoms with Crippen molar-refractivity contribution in [1.29, 1.82) is 0 Å². The molecule has 0 spiro atoms. The number of nitrogens with one attached hydrogen (secondary N) is 2. The molecule has 1 aliphatic rings. The minimum atomic E-state index is -3.79. The zero-order chi connectivity index (χ0) is 19.4. The second-order valence-electron chi connectivity index (χ2n) is 6.38. The minimum Gasteiger partial charge on any atom is -0.495 e. The maximum Gasteiger partial charge on any atom is 0.262 e. The van der Waals surface area contributed by atoms with Crippen molar-refractivity contribution in [3.8, 4) is 5.75 Å². The Kier molecular flexibility index (Phi) is 5.67. The molecule has 1 amide bonds. The zero-order valence-corrected chi connectivity index (χ0v) is 16.1. The summed E-state index contributed by atoms with van der Waals surface area (Å²) in [5, 5.41) is 3.24. The Morgan fingerprint density at radius 2 is 1.89 bits per heavy atom. The summed E-state index contributed by atoms with van der Waals surface area (Å²) >= 11 is 0. The molecule has 2 aromatic rings. The number of benzene rings is 2. The first kappa shape index (κ1) is 19.2. The number of nitrogens with zero attached hydrogens (tertiary/aromatic N) is 1. The fraction of sp³-hybridized carbons (Fsp3) is 0.316. The number of para-hydroxylation sites is 2. The van der Waals surface area contributed by atoms with E-state index >= 15 is 0 Å². The van der Waals surface area contributed by atoms with Crippen LogP contribution in [0.15, 0.2) is 53.4 Å². The van der Waals surface area contributed by atoms with Crippen molar-refractivity contribution in [2.75, 3.05) is 31.5 Å². The molecule has 0 aromatic heterocycles. The monoisotopic (exact) mass is 389 g/mol. The molecule has 27 heavy (non-hydrogen) atoms. The number of piperazine rings is 1. The number of sulfonamides is 1. The number of ether oxygens (including phenoxy) is 1. The van der Waals surface area contributed by atoms with E-state index in [1.165, 1.54) is 19.2 Å². The second-order valence-corrected chi connectivity index (χ2v) is 8.06. The summed E-state index contributed by atoms with van der Waals surface area (Å²) < 4.78 is 33.0. The van der Waals surface area contributed by atoms with Crippen molar-refractivity contribution < 1.29 is 17.9 Å². The van der Waals surface area contributed by atoms with Crippen LogP contribution in [0, 0.1) is 0 Å². The Morgan fingerprint density at radius 3 is 2.56 bits per heavy atom. The van der Waals surface area contributed by atoms with Crippen LogP contribution in [0.1, 0.15) is 17.3 Å². The number of anilines is 1. The Morgan fingerprint density at radius 1 is 1.19 bits per heavy atom. The van der Waals surface area contributed by atoms with Crippen molar-refractivity contribution in [2.24, 2.45) is 0 Å². The van der Waals surface area contributed by atoms with Crippen molar-refractivity contribution in [3.05, 3.63) is 54.1 Å². The Balaban J connectivity index is 1.78. The van der Waals surface area contributed by atoms with Crippen molar-refractivity contribution in [2.45, 2.75) is 17.9 Å². The first-order chi connectivity index (χ1) is 12.9. The number of rotatable bonds is 5. The summed E-state index contributed by atoms with van der Waals surface area (Å²) in [6.45, 7) is 4.13. The third-order valence-corrected chi connectivity index (χ3v) is 5.91. The van der Waals surface area contributed by atoms with Gasteiger partial charge in [-0.05, 0) is 43.3 Å². The Hall–Kier alpha value is -2.58. The third kappa shape index (κ3) is 4.23. The van der Waals surface area contributed by atoms with Gasteiger partial charge >= 0.3 is 0 Å². The van der Waals surface area contributed by atoms with Gasteiger partial charge in [0.05, 0.1) is 17.7 Å². The number of hydrogen-bond donors (Lipinski definition) is 2. The number of methoxy groups -OCH3 is 1. The second kappa shape index (κ2) is 7.98. The van der Waals surface area contributed by atoms with Crippen LogP contribution < -0.4 is 14.8 Å². The molecule has 1 unspecified atom stereocenters. The number of hydrogen-bond acceptors (Lipinski definition) is 5. The van der Waals surface area contributed by atoms with E-state index in [4.69, 9.17) is 4.74 Å². The summed E-state index contributed by atoms with van der Waals surface area (Å²) in [7, 11) is -2.31. The van der Waals surface area contributed by atoms with Gasteiger partial charge in [0.25, 0.3) is 15.9 Å². The van der Waals surface area contributed by atoms with E-state index in [0.717, 1.165) is 13.1 Å². The molecule has 2 N–H and O–H groups in total. The van der Waals surface area contributed by atoms with Crippen LogP contribution in [0.2, 0.25) is 0 Å². The van der Waals surface area contributed by atoms with Crippen LogP contribution in [-0.2, 0) is 10.0 Å². The van der Waals surface area contributed by atoms with E-state index in [2.05, 4.69) is 10.0 Å². The van der Waals surface area contributed by atoms with Gasteiger partial charge in [0.1, 0.15) is 5.75 Å². The van der Waals surface area contributed by atoms with Gasteiger partial charge in [-0.15, -0.1) is 0 Å². The molecular formula is C19H23N3O4S. The highest BCUT2D eigenvalue weighted by molar-refractivity contribution is 7.92. The average Bonchev–Trinajstić information content (AvgIpc) is 2.68. The molecule has 1 atom stereocenters. The maximum absolute atomic E-state index is 12.7. The van der Waals surface area contributed by atoms with Gasteiger partial charge in [0.15, 0.2) is 0 Å². The highest BCUT2D eigenvalue weighted by atomic mass is 32.2.